The summed E-state index contributed by atoms with van der Waals surface area (Å²) >= 11 is 0. The molecule has 0 spiro atoms. The lowest BCUT2D eigenvalue weighted by molar-refractivity contribution is 0.175. The van der Waals surface area contributed by atoms with Crippen LogP contribution in [0.3, 0.4) is 0 Å². The van der Waals surface area contributed by atoms with Gasteiger partial charge in [0.2, 0.25) is 0 Å². The Kier molecular flexibility index (Phi) is 4.11. The zero-order valence-corrected chi connectivity index (χ0v) is 8.20. The monoisotopic (exact) mass is 190 g/mol. The van der Waals surface area contributed by atoms with Gasteiger partial charge in [0.1, 0.15) is 0 Å². The highest BCUT2D eigenvalue weighted by molar-refractivity contribution is 5.32. The summed E-state index contributed by atoms with van der Waals surface area (Å²) in [7, 11) is 0. The standard InChI is InChI=1S/C11H14N2O/c1-2-13-8-11(14)10-5-3-9(7-12)4-6-10/h3-6,11,13-14H,2,8H2,1H3. The third-order valence-corrected chi connectivity index (χ3v) is 2.01. The van der Waals surface area contributed by atoms with E-state index < -0.39 is 6.10 Å². The molecule has 1 atom stereocenters. The fraction of sp³-hybridized carbons (Fsp3) is 0.364. The predicted octanol–water partition coefficient (Wildman–Crippen LogP) is 1.20. The van der Waals surface area contributed by atoms with Crippen molar-refractivity contribution < 1.29 is 5.11 Å². The van der Waals surface area contributed by atoms with E-state index in [1.165, 1.54) is 0 Å². The van der Waals surface area contributed by atoms with Gasteiger partial charge in [-0.3, -0.25) is 0 Å². The number of hydrogen-bond donors (Lipinski definition) is 2. The Morgan fingerprint density at radius 1 is 1.43 bits per heavy atom. The van der Waals surface area contributed by atoms with Crippen LogP contribution in [0.1, 0.15) is 24.2 Å². The zero-order valence-electron chi connectivity index (χ0n) is 8.20. The molecule has 0 heterocycles. The molecule has 0 aliphatic carbocycles. The van der Waals surface area contributed by atoms with Crippen LogP contribution in [-0.4, -0.2) is 18.2 Å². The lowest BCUT2D eigenvalue weighted by Crippen LogP contribution is -2.20. The summed E-state index contributed by atoms with van der Waals surface area (Å²) in [5.74, 6) is 0. The molecule has 14 heavy (non-hydrogen) atoms. The van der Waals surface area contributed by atoms with Crippen LogP contribution in [0.15, 0.2) is 24.3 Å². The van der Waals surface area contributed by atoms with Gasteiger partial charge < -0.3 is 10.4 Å². The van der Waals surface area contributed by atoms with Gasteiger partial charge in [0, 0.05) is 6.54 Å². The minimum absolute atomic E-state index is 0.498. The van der Waals surface area contributed by atoms with E-state index in [0.29, 0.717) is 12.1 Å². The summed E-state index contributed by atoms with van der Waals surface area (Å²) < 4.78 is 0. The molecule has 1 aromatic rings. The number of rotatable bonds is 4. The molecule has 3 nitrogen and oxygen atoms in total. The fourth-order valence-electron chi connectivity index (χ4n) is 1.18. The average molecular weight is 190 g/mol. The number of aliphatic hydroxyl groups excluding tert-OH is 1. The van der Waals surface area contributed by atoms with Gasteiger partial charge in [-0.25, -0.2) is 0 Å². The van der Waals surface area contributed by atoms with Crippen molar-refractivity contribution in [2.24, 2.45) is 0 Å². The van der Waals surface area contributed by atoms with Crippen molar-refractivity contribution in [3.63, 3.8) is 0 Å². The van der Waals surface area contributed by atoms with Gasteiger partial charge in [0.25, 0.3) is 0 Å². The molecular formula is C11H14N2O. The second kappa shape index (κ2) is 5.38. The van der Waals surface area contributed by atoms with Gasteiger partial charge in [0.15, 0.2) is 0 Å². The largest absolute Gasteiger partial charge is 0.387 e. The molecule has 0 aromatic heterocycles. The van der Waals surface area contributed by atoms with Gasteiger partial charge in [-0.1, -0.05) is 19.1 Å². The van der Waals surface area contributed by atoms with Crippen LogP contribution in [0, 0.1) is 11.3 Å². The van der Waals surface area contributed by atoms with Crippen molar-refractivity contribution in [3.8, 4) is 6.07 Å². The molecule has 0 bridgehead atoms. The van der Waals surface area contributed by atoms with E-state index in [4.69, 9.17) is 5.26 Å². The normalized spacial score (nSPS) is 12.1. The van der Waals surface area contributed by atoms with E-state index in [1.54, 1.807) is 24.3 Å². The Morgan fingerprint density at radius 2 is 2.07 bits per heavy atom. The van der Waals surface area contributed by atoms with Crippen molar-refractivity contribution in [1.82, 2.24) is 5.32 Å². The van der Waals surface area contributed by atoms with Crippen LogP contribution < -0.4 is 5.32 Å². The number of aliphatic hydroxyl groups is 1. The maximum Gasteiger partial charge on any atom is 0.0991 e. The Bertz CT molecular complexity index is 313. The number of hydrogen-bond acceptors (Lipinski definition) is 3. The first-order chi connectivity index (χ1) is 6.77. The van der Waals surface area contributed by atoms with Crippen LogP contribution in [0.2, 0.25) is 0 Å². The lowest BCUT2D eigenvalue weighted by atomic mass is 10.1. The van der Waals surface area contributed by atoms with E-state index in [2.05, 4.69) is 5.32 Å². The summed E-state index contributed by atoms with van der Waals surface area (Å²) in [4.78, 5) is 0. The van der Waals surface area contributed by atoms with Crippen LogP contribution in [-0.2, 0) is 0 Å². The third-order valence-electron chi connectivity index (χ3n) is 2.01. The summed E-state index contributed by atoms with van der Waals surface area (Å²) in [6, 6.07) is 9.02. The number of nitrogens with zero attached hydrogens (tertiary/aromatic N) is 1. The Labute approximate surface area is 84.0 Å². The Morgan fingerprint density at radius 3 is 2.57 bits per heavy atom. The SMILES string of the molecule is CCNCC(O)c1ccc(C#N)cc1. The first-order valence-corrected chi connectivity index (χ1v) is 4.66. The van der Waals surface area contributed by atoms with E-state index in [9.17, 15) is 5.11 Å². The molecule has 1 aromatic carbocycles. The van der Waals surface area contributed by atoms with Gasteiger partial charge in [-0.2, -0.15) is 5.26 Å². The van der Waals surface area contributed by atoms with E-state index in [-0.39, 0.29) is 0 Å². The summed E-state index contributed by atoms with van der Waals surface area (Å²) in [5, 5.41) is 21.3. The van der Waals surface area contributed by atoms with Gasteiger partial charge in [0.05, 0.1) is 17.7 Å². The molecule has 0 aliphatic heterocycles. The van der Waals surface area contributed by atoms with Crippen molar-refractivity contribution in [1.29, 1.82) is 5.26 Å². The molecule has 0 aliphatic rings. The second-order valence-electron chi connectivity index (χ2n) is 3.06. The number of nitriles is 1. The fourth-order valence-corrected chi connectivity index (χ4v) is 1.18. The zero-order chi connectivity index (χ0) is 10.4. The quantitative estimate of drug-likeness (QED) is 0.750. The third kappa shape index (κ3) is 2.84. The molecular weight excluding hydrogens is 176 g/mol. The van der Waals surface area contributed by atoms with Gasteiger partial charge in [-0.15, -0.1) is 0 Å². The van der Waals surface area contributed by atoms with E-state index >= 15 is 0 Å². The molecule has 1 unspecified atom stereocenters. The molecule has 74 valence electrons. The Hall–Kier alpha value is -1.37. The second-order valence-corrected chi connectivity index (χ2v) is 3.06. The highest BCUT2D eigenvalue weighted by Crippen LogP contribution is 2.12. The molecule has 0 radical (unpaired) electrons. The molecule has 1 rings (SSSR count). The maximum absolute atomic E-state index is 9.67. The predicted molar refractivity (Wildman–Crippen MR) is 54.7 cm³/mol. The molecule has 0 fully saturated rings. The van der Waals surface area contributed by atoms with Crippen LogP contribution >= 0.6 is 0 Å². The molecule has 2 N–H and O–H groups in total. The van der Waals surface area contributed by atoms with Crippen LogP contribution in [0.5, 0.6) is 0 Å². The van der Waals surface area contributed by atoms with E-state index in [0.717, 1.165) is 12.1 Å². The molecule has 0 amide bonds. The summed E-state index contributed by atoms with van der Waals surface area (Å²) in [6.07, 6.45) is -0.498. The summed E-state index contributed by atoms with van der Waals surface area (Å²) in [6.45, 7) is 3.38. The first kappa shape index (κ1) is 10.7. The van der Waals surface area contributed by atoms with Crippen LogP contribution in [0.25, 0.3) is 0 Å². The number of nitrogens with one attached hydrogen (secondary N) is 1. The summed E-state index contributed by atoms with van der Waals surface area (Å²) in [5.41, 5.74) is 1.45. The van der Waals surface area contributed by atoms with Gasteiger partial charge >= 0.3 is 0 Å². The Balaban J connectivity index is 2.63. The van der Waals surface area contributed by atoms with Crippen LogP contribution in [0.4, 0.5) is 0 Å². The smallest absolute Gasteiger partial charge is 0.0991 e. The average Bonchev–Trinajstić information content (AvgIpc) is 2.26. The topological polar surface area (TPSA) is 56.0 Å². The molecule has 3 heteroatoms. The highest BCUT2D eigenvalue weighted by atomic mass is 16.3. The minimum Gasteiger partial charge on any atom is -0.387 e. The maximum atomic E-state index is 9.67. The number of benzene rings is 1. The van der Waals surface area contributed by atoms with Crippen molar-refractivity contribution in [2.75, 3.05) is 13.1 Å². The lowest BCUT2D eigenvalue weighted by Gasteiger charge is -2.10. The molecule has 0 saturated heterocycles. The first-order valence-electron chi connectivity index (χ1n) is 4.66. The minimum atomic E-state index is -0.498. The molecule has 0 saturated carbocycles. The van der Waals surface area contributed by atoms with Crippen molar-refractivity contribution >= 4 is 0 Å². The van der Waals surface area contributed by atoms with E-state index in [1.807, 2.05) is 13.0 Å². The number of likely N-dealkylation sites (N-methyl/N-ethyl adjacent to an activating group) is 1. The van der Waals surface area contributed by atoms with Crippen molar-refractivity contribution in [3.05, 3.63) is 35.4 Å². The van der Waals surface area contributed by atoms with Crippen molar-refractivity contribution in [2.45, 2.75) is 13.0 Å². The van der Waals surface area contributed by atoms with Gasteiger partial charge in [-0.05, 0) is 24.2 Å². The highest BCUT2D eigenvalue weighted by Gasteiger charge is 2.05.